The van der Waals surface area contributed by atoms with E-state index in [1.165, 1.54) is 0 Å². The predicted octanol–water partition coefficient (Wildman–Crippen LogP) is 1.08. The molecule has 0 saturated carbocycles. The molecular formula is C17H28N6O2. The standard InChI is InChI=1S/C17H28N6O2/c1-13(2)15(24)22-11-14-5-3-10-23(12-14)17(25)21-9-8-20-16-18-6-4-7-19-16/h4,6-7,13-14H,3,5,8-12H2,1-2H3,(H,21,25)(H,22,24)(H,18,19,20)/t14-/m0/s1. The van der Waals surface area contributed by atoms with E-state index in [0.29, 0.717) is 38.0 Å². The van der Waals surface area contributed by atoms with Crippen LogP contribution in [0.25, 0.3) is 0 Å². The molecule has 1 atom stereocenters. The summed E-state index contributed by atoms with van der Waals surface area (Å²) < 4.78 is 0. The van der Waals surface area contributed by atoms with Crippen molar-refractivity contribution in [2.24, 2.45) is 11.8 Å². The van der Waals surface area contributed by atoms with Crippen molar-refractivity contribution in [1.82, 2.24) is 25.5 Å². The molecular weight excluding hydrogens is 320 g/mol. The van der Waals surface area contributed by atoms with Crippen molar-refractivity contribution >= 4 is 17.9 Å². The number of likely N-dealkylation sites (tertiary alicyclic amines) is 1. The summed E-state index contributed by atoms with van der Waals surface area (Å²) in [4.78, 5) is 33.9. The van der Waals surface area contributed by atoms with Gasteiger partial charge in [0.1, 0.15) is 0 Å². The van der Waals surface area contributed by atoms with Crippen LogP contribution in [0.3, 0.4) is 0 Å². The summed E-state index contributed by atoms with van der Waals surface area (Å²) in [6.45, 7) is 6.90. The van der Waals surface area contributed by atoms with Crippen molar-refractivity contribution in [3.05, 3.63) is 18.5 Å². The van der Waals surface area contributed by atoms with Gasteiger partial charge >= 0.3 is 6.03 Å². The van der Waals surface area contributed by atoms with Crippen LogP contribution in [0.15, 0.2) is 18.5 Å². The van der Waals surface area contributed by atoms with Crippen LogP contribution in [0.4, 0.5) is 10.7 Å². The largest absolute Gasteiger partial charge is 0.356 e. The van der Waals surface area contributed by atoms with Crippen molar-refractivity contribution in [3.8, 4) is 0 Å². The van der Waals surface area contributed by atoms with E-state index in [-0.39, 0.29) is 17.9 Å². The molecule has 1 fully saturated rings. The van der Waals surface area contributed by atoms with Gasteiger partial charge in [-0.2, -0.15) is 0 Å². The topological polar surface area (TPSA) is 99.2 Å². The highest BCUT2D eigenvalue weighted by molar-refractivity contribution is 5.77. The Morgan fingerprint density at radius 3 is 2.72 bits per heavy atom. The lowest BCUT2D eigenvalue weighted by molar-refractivity contribution is -0.124. The quantitative estimate of drug-likeness (QED) is 0.641. The lowest BCUT2D eigenvalue weighted by atomic mass is 9.98. The first-order valence-electron chi connectivity index (χ1n) is 8.87. The van der Waals surface area contributed by atoms with Gasteiger partial charge in [0, 0.05) is 51.0 Å². The monoisotopic (exact) mass is 348 g/mol. The van der Waals surface area contributed by atoms with E-state index >= 15 is 0 Å². The van der Waals surface area contributed by atoms with Gasteiger partial charge in [0.2, 0.25) is 11.9 Å². The fourth-order valence-corrected chi connectivity index (χ4v) is 2.71. The number of piperidine rings is 1. The van der Waals surface area contributed by atoms with Crippen LogP contribution < -0.4 is 16.0 Å². The van der Waals surface area contributed by atoms with E-state index in [0.717, 1.165) is 19.4 Å². The number of aromatic nitrogens is 2. The van der Waals surface area contributed by atoms with Crippen LogP contribution in [0.2, 0.25) is 0 Å². The number of nitrogens with one attached hydrogen (secondary N) is 3. The second kappa shape index (κ2) is 9.80. The predicted molar refractivity (Wildman–Crippen MR) is 96.1 cm³/mol. The fourth-order valence-electron chi connectivity index (χ4n) is 2.71. The summed E-state index contributed by atoms with van der Waals surface area (Å²) in [5.41, 5.74) is 0. The number of anilines is 1. The molecule has 8 heteroatoms. The molecule has 1 aliphatic heterocycles. The third kappa shape index (κ3) is 6.56. The Morgan fingerprint density at radius 1 is 1.24 bits per heavy atom. The van der Waals surface area contributed by atoms with Gasteiger partial charge in [-0.1, -0.05) is 13.8 Å². The number of hydrogen-bond donors (Lipinski definition) is 3. The normalized spacial score (nSPS) is 17.2. The molecule has 0 aromatic carbocycles. The smallest absolute Gasteiger partial charge is 0.317 e. The van der Waals surface area contributed by atoms with E-state index in [4.69, 9.17) is 0 Å². The number of rotatable bonds is 7. The molecule has 25 heavy (non-hydrogen) atoms. The molecule has 3 N–H and O–H groups in total. The molecule has 1 saturated heterocycles. The van der Waals surface area contributed by atoms with Crippen LogP contribution in [0, 0.1) is 11.8 Å². The van der Waals surface area contributed by atoms with Crippen molar-refractivity contribution in [2.75, 3.05) is 38.0 Å². The summed E-state index contributed by atoms with van der Waals surface area (Å²) in [5.74, 6) is 0.925. The number of urea groups is 1. The van der Waals surface area contributed by atoms with E-state index in [2.05, 4.69) is 25.9 Å². The van der Waals surface area contributed by atoms with Crippen LogP contribution in [0.5, 0.6) is 0 Å². The first kappa shape index (κ1) is 19.0. The molecule has 0 unspecified atom stereocenters. The maximum absolute atomic E-state index is 12.3. The van der Waals surface area contributed by atoms with Crippen LogP contribution >= 0.6 is 0 Å². The van der Waals surface area contributed by atoms with Crippen molar-refractivity contribution < 1.29 is 9.59 Å². The maximum Gasteiger partial charge on any atom is 0.317 e. The Balaban J connectivity index is 1.66. The molecule has 8 nitrogen and oxygen atoms in total. The molecule has 138 valence electrons. The van der Waals surface area contributed by atoms with E-state index < -0.39 is 0 Å². The Hall–Kier alpha value is -2.38. The molecule has 2 rings (SSSR count). The average Bonchev–Trinajstić information content (AvgIpc) is 2.64. The molecule has 0 aliphatic carbocycles. The maximum atomic E-state index is 12.3. The minimum Gasteiger partial charge on any atom is -0.356 e. The van der Waals surface area contributed by atoms with E-state index in [1.54, 1.807) is 18.5 Å². The molecule has 1 aliphatic rings. The van der Waals surface area contributed by atoms with Crippen molar-refractivity contribution in [2.45, 2.75) is 26.7 Å². The summed E-state index contributed by atoms with van der Waals surface area (Å²) in [5, 5.41) is 8.92. The number of amides is 3. The highest BCUT2D eigenvalue weighted by Gasteiger charge is 2.24. The highest BCUT2D eigenvalue weighted by Crippen LogP contribution is 2.15. The number of carbonyl (C=O) groups is 2. The molecule has 1 aromatic heterocycles. The number of nitrogens with zero attached hydrogens (tertiary/aromatic N) is 3. The first-order chi connectivity index (χ1) is 12.1. The Bertz CT molecular complexity index is 551. The molecule has 0 bridgehead atoms. The molecule has 0 radical (unpaired) electrons. The summed E-state index contributed by atoms with van der Waals surface area (Å²) >= 11 is 0. The van der Waals surface area contributed by atoms with Gasteiger partial charge in [-0.25, -0.2) is 14.8 Å². The number of carbonyl (C=O) groups excluding carboxylic acids is 2. The SMILES string of the molecule is CC(C)C(=O)NC[C@@H]1CCCN(C(=O)NCCNc2ncccn2)C1. The van der Waals surface area contributed by atoms with Gasteiger partial charge in [-0.15, -0.1) is 0 Å². The molecule has 3 amide bonds. The lowest BCUT2D eigenvalue weighted by Gasteiger charge is -2.33. The molecule has 0 spiro atoms. The molecule has 2 heterocycles. The van der Waals surface area contributed by atoms with Gasteiger partial charge in [0.05, 0.1) is 0 Å². The number of hydrogen-bond acceptors (Lipinski definition) is 5. The third-order valence-electron chi connectivity index (χ3n) is 4.15. The van der Waals surface area contributed by atoms with Crippen molar-refractivity contribution in [3.63, 3.8) is 0 Å². The summed E-state index contributed by atoms with van der Waals surface area (Å²) in [6.07, 6.45) is 5.33. The van der Waals surface area contributed by atoms with E-state index in [1.807, 2.05) is 18.7 Å². The highest BCUT2D eigenvalue weighted by atomic mass is 16.2. The van der Waals surface area contributed by atoms with E-state index in [9.17, 15) is 9.59 Å². The Morgan fingerprint density at radius 2 is 2.00 bits per heavy atom. The van der Waals surface area contributed by atoms with Gasteiger partial charge < -0.3 is 20.9 Å². The first-order valence-corrected chi connectivity index (χ1v) is 8.87. The third-order valence-corrected chi connectivity index (χ3v) is 4.15. The Labute approximate surface area is 148 Å². The van der Waals surface area contributed by atoms with Crippen LogP contribution in [-0.2, 0) is 4.79 Å². The summed E-state index contributed by atoms with van der Waals surface area (Å²) in [7, 11) is 0. The molecule has 1 aromatic rings. The minimum absolute atomic E-state index is 0.0101. The Kier molecular flexibility index (Phi) is 7.43. The van der Waals surface area contributed by atoms with Gasteiger partial charge in [0.15, 0.2) is 0 Å². The van der Waals surface area contributed by atoms with Crippen LogP contribution in [0.1, 0.15) is 26.7 Å². The van der Waals surface area contributed by atoms with Gasteiger partial charge in [-0.05, 0) is 24.8 Å². The minimum atomic E-state index is -0.0596. The zero-order valence-corrected chi connectivity index (χ0v) is 15.0. The van der Waals surface area contributed by atoms with Gasteiger partial charge in [0.25, 0.3) is 0 Å². The zero-order chi connectivity index (χ0) is 18.1. The summed E-state index contributed by atoms with van der Waals surface area (Å²) in [6, 6.07) is 1.69. The lowest BCUT2D eigenvalue weighted by Crippen LogP contribution is -2.48. The second-order valence-electron chi connectivity index (χ2n) is 6.59. The van der Waals surface area contributed by atoms with Crippen molar-refractivity contribution in [1.29, 1.82) is 0 Å². The second-order valence-corrected chi connectivity index (χ2v) is 6.59. The zero-order valence-electron chi connectivity index (χ0n) is 15.0. The fraction of sp³-hybridized carbons (Fsp3) is 0.647. The van der Waals surface area contributed by atoms with Gasteiger partial charge in [-0.3, -0.25) is 4.79 Å². The van der Waals surface area contributed by atoms with Crippen LogP contribution in [-0.4, -0.2) is 59.5 Å². The average molecular weight is 348 g/mol.